The highest BCUT2D eigenvalue weighted by Gasteiger charge is 2.37. The monoisotopic (exact) mass is 428 g/mol. The normalized spacial score (nSPS) is 18.9. The summed E-state index contributed by atoms with van der Waals surface area (Å²) in [6.45, 7) is 2.12. The van der Waals surface area contributed by atoms with Crippen LogP contribution in [-0.4, -0.2) is 76.9 Å². The fraction of sp³-hybridized carbons (Fsp3) is 0.722. The Morgan fingerprint density at radius 1 is 1.13 bits per heavy atom. The number of primary amides is 1. The summed E-state index contributed by atoms with van der Waals surface area (Å²) in [5.41, 5.74) is 16.0. The van der Waals surface area contributed by atoms with Crippen LogP contribution in [0.1, 0.15) is 45.4 Å². The maximum atomic E-state index is 12.9. The predicted octanol–water partition coefficient (Wildman–Crippen LogP) is -2.62. The van der Waals surface area contributed by atoms with Gasteiger partial charge < -0.3 is 37.8 Å². The number of carboxylic acid groups (broad SMARTS) is 1. The summed E-state index contributed by atoms with van der Waals surface area (Å²) in [7, 11) is 0. The molecule has 1 aliphatic rings. The lowest BCUT2D eigenvalue weighted by Gasteiger charge is -2.28. The van der Waals surface area contributed by atoms with Crippen LogP contribution < -0.4 is 27.8 Å². The highest BCUT2D eigenvalue weighted by molar-refractivity contribution is 5.94. The first-order valence-electron chi connectivity index (χ1n) is 9.96. The van der Waals surface area contributed by atoms with E-state index in [1.807, 2.05) is 0 Å². The first-order chi connectivity index (χ1) is 14.1. The zero-order valence-corrected chi connectivity index (χ0v) is 17.1. The maximum absolute atomic E-state index is 12.9. The van der Waals surface area contributed by atoms with Crippen LogP contribution in [0.5, 0.6) is 0 Å². The van der Waals surface area contributed by atoms with Crippen molar-refractivity contribution in [2.45, 2.75) is 69.6 Å². The largest absolute Gasteiger partial charge is 0.480 e. The van der Waals surface area contributed by atoms with E-state index >= 15 is 0 Å². The Hall–Kier alpha value is -2.73. The molecule has 30 heavy (non-hydrogen) atoms. The van der Waals surface area contributed by atoms with E-state index < -0.39 is 53.8 Å². The second-order valence-corrected chi connectivity index (χ2v) is 7.38. The lowest BCUT2D eigenvalue weighted by Crippen LogP contribution is -2.56. The minimum absolute atomic E-state index is 0.284. The molecule has 12 heteroatoms. The van der Waals surface area contributed by atoms with Gasteiger partial charge in [-0.1, -0.05) is 0 Å². The quantitative estimate of drug-likeness (QED) is 0.181. The first-order valence-corrected chi connectivity index (χ1v) is 9.96. The molecule has 9 N–H and O–H groups in total. The highest BCUT2D eigenvalue weighted by atomic mass is 16.4. The predicted molar refractivity (Wildman–Crippen MR) is 107 cm³/mol. The van der Waals surface area contributed by atoms with Crippen molar-refractivity contribution >= 4 is 29.6 Å². The van der Waals surface area contributed by atoms with Crippen molar-refractivity contribution in [3.63, 3.8) is 0 Å². The Kier molecular flexibility index (Phi) is 10.2. The van der Waals surface area contributed by atoms with Crippen LogP contribution in [0.25, 0.3) is 0 Å². The molecule has 0 aromatic rings. The van der Waals surface area contributed by atoms with Crippen LogP contribution >= 0.6 is 0 Å². The van der Waals surface area contributed by atoms with Gasteiger partial charge in [0.25, 0.3) is 0 Å². The number of hydrogen-bond acceptors (Lipinski definition) is 7. The number of amides is 4. The van der Waals surface area contributed by atoms with Gasteiger partial charge in [0, 0.05) is 6.54 Å². The number of nitrogens with zero attached hydrogens (tertiary/aromatic N) is 1. The lowest BCUT2D eigenvalue weighted by atomic mass is 10.1. The van der Waals surface area contributed by atoms with Crippen molar-refractivity contribution in [2.24, 2.45) is 17.2 Å². The Balaban J connectivity index is 2.79. The van der Waals surface area contributed by atoms with E-state index in [1.54, 1.807) is 0 Å². The number of hydrogen-bond donors (Lipinski definition) is 6. The molecule has 1 fully saturated rings. The SMILES string of the molecule is C[C@H](NC(=O)[C@@H](N)CC(N)=O)C(=O)N[C@@H](CCCCN)C(=O)N1CCC[C@@H]1C(=O)O. The van der Waals surface area contributed by atoms with Gasteiger partial charge in [-0.25, -0.2) is 4.79 Å². The number of unbranched alkanes of at least 4 members (excludes halogenated alkanes) is 1. The van der Waals surface area contributed by atoms with Gasteiger partial charge in [0.05, 0.1) is 12.5 Å². The summed E-state index contributed by atoms with van der Waals surface area (Å²) < 4.78 is 0. The molecule has 0 unspecified atom stereocenters. The van der Waals surface area contributed by atoms with E-state index in [0.717, 1.165) is 0 Å². The average Bonchev–Trinajstić information content (AvgIpc) is 3.16. The Labute approximate surface area is 174 Å². The minimum Gasteiger partial charge on any atom is -0.480 e. The van der Waals surface area contributed by atoms with Crippen molar-refractivity contribution < 1.29 is 29.1 Å². The zero-order chi connectivity index (χ0) is 22.8. The van der Waals surface area contributed by atoms with Crippen LogP contribution in [0.2, 0.25) is 0 Å². The van der Waals surface area contributed by atoms with Crippen LogP contribution in [0.3, 0.4) is 0 Å². The molecule has 4 amide bonds. The van der Waals surface area contributed by atoms with E-state index in [2.05, 4.69) is 10.6 Å². The topological polar surface area (TPSA) is 211 Å². The molecule has 4 atom stereocenters. The number of rotatable bonds is 12. The van der Waals surface area contributed by atoms with Crippen LogP contribution in [-0.2, 0) is 24.0 Å². The third kappa shape index (κ3) is 7.59. The molecule has 0 aromatic carbocycles. The second kappa shape index (κ2) is 12.1. The molecule has 1 saturated heterocycles. The minimum atomic E-state index is -1.19. The molecule has 1 heterocycles. The molecule has 0 aliphatic carbocycles. The number of aliphatic carboxylic acids is 1. The van der Waals surface area contributed by atoms with Gasteiger partial charge in [-0.15, -0.1) is 0 Å². The third-order valence-electron chi connectivity index (χ3n) is 4.89. The van der Waals surface area contributed by atoms with Gasteiger partial charge in [-0.2, -0.15) is 0 Å². The van der Waals surface area contributed by atoms with Crippen molar-refractivity contribution in [1.29, 1.82) is 0 Å². The summed E-state index contributed by atoms with van der Waals surface area (Å²) in [5, 5.41) is 14.3. The summed E-state index contributed by atoms with van der Waals surface area (Å²) in [6, 6.07) is -4.09. The van der Waals surface area contributed by atoms with Crippen molar-refractivity contribution in [1.82, 2.24) is 15.5 Å². The number of carboxylic acids is 1. The van der Waals surface area contributed by atoms with Crippen molar-refractivity contribution in [3.05, 3.63) is 0 Å². The van der Waals surface area contributed by atoms with E-state index in [9.17, 15) is 29.1 Å². The first kappa shape index (κ1) is 25.3. The van der Waals surface area contributed by atoms with Gasteiger partial charge in [-0.05, 0) is 45.6 Å². The smallest absolute Gasteiger partial charge is 0.326 e. The molecular weight excluding hydrogens is 396 g/mol. The number of likely N-dealkylation sites (tertiary alicyclic amines) is 1. The molecule has 0 saturated carbocycles. The molecule has 1 aliphatic heterocycles. The number of nitrogens with two attached hydrogens (primary N) is 3. The average molecular weight is 428 g/mol. The van der Waals surface area contributed by atoms with Crippen LogP contribution in [0.15, 0.2) is 0 Å². The molecule has 170 valence electrons. The standard InChI is InChI=1S/C18H32N6O6/c1-10(22-16(27)11(20)9-14(21)25)15(26)23-12(5-2-3-7-19)17(28)24-8-4-6-13(24)18(29)30/h10-13H,2-9,19-20H2,1H3,(H2,21,25)(H,22,27)(H,23,26)(H,29,30)/t10-,11-,12-,13+/m0/s1. The van der Waals surface area contributed by atoms with Gasteiger partial charge in [0.2, 0.25) is 23.6 Å². The van der Waals surface area contributed by atoms with E-state index in [1.165, 1.54) is 11.8 Å². The maximum Gasteiger partial charge on any atom is 0.326 e. The Morgan fingerprint density at radius 3 is 2.37 bits per heavy atom. The molecular formula is C18H32N6O6. The molecule has 0 aromatic heterocycles. The van der Waals surface area contributed by atoms with Crippen LogP contribution in [0.4, 0.5) is 0 Å². The number of carbonyl (C=O) groups excluding carboxylic acids is 4. The Morgan fingerprint density at radius 2 is 1.80 bits per heavy atom. The molecule has 1 rings (SSSR count). The number of carbonyl (C=O) groups is 5. The molecule has 0 bridgehead atoms. The van der Waals surface area contributed by atoms with E-state index in [4.69, 9.17) is 17.2 Å². The summed E-state index contributed by atoms with van der Waals surface area (Å²) in [4.78, 5) is 61.0. The summed E-state index contributed by atoms with van der Waals surface area (Å²) in [5.74, 6) is -3.68. The van der Waals surface area contributed by atoms with Gasteiger partial charge in [-0.3, -0.25) is 19.2 Å². The van der Waals surface area contributed by atoms with Crippen LogP contribution in [0, 0.1) is 0 Å². The fourth-order valence-corrected chi connectivity index (χ4v) is 3.23. The zero-order valence-electron chi connectivity index (χ0n) is 17.1. The summed E-state index contributed by atoms with van der Waals surface area (Å²) >= 11 is 0. The lowest BCUT2D eigenvalue weighted by molar-refractivity contribution is -0.149. The van der Waals surface area contributed by atoms with Crippen molar-refractivity contribution in [2.75, 3.05) is 13.1 Å². The molecule has 0 spiro atoms. The van der Waals surface area contributed by atoms with Gasteiger partial charge >= 0.3 is 5.97 Å². The summed E-state index contributed by atoms with van der Waals surface area (Å²) in [6.07, 6.45) is 2.03. The Bertz CT molecular complexity index is 657. The van der Waals surface area contributed by atoms with E-state index in [0.29, 0.717) is 38.8 Å². The van der Waals surface area contributed by atoms with Crippen molar-refractivity contribution in [3.8, 4) is 0 Å². The van der Waals surface area contributed by atoms with Gasteiger partial charge in [0.15, 0.2) is 0 Å². The molecule has 12 nitrogen and oxygen atoms in total. The molecule has 0 radical (unpaired) electrons. The van der Waals surface area contributed by atoms with E-state index in [-0.39, 0.29) is 12.8 Å². The second-order valence-electron chi connectivity index (χ2n) is 7.38. The third-order valence-corrected chi connectivity index (χ3v) is 4.89. The number of nitrogens with one attached hydrogen (secondary N) is 2. The fourth-order valence-electron chi connectivity index (χ4n) is 3.23. The van der Waals surface area contributed by atoms with Gasteiger partial charge in [0.1, 0.15) is 18.1 Å². The highest BCUT2D eigenvalue weighted by Crippen LogP contribution is 2.19.